The van der Waals surface area contributed by atoms with Crippen LogP contribution in [0, 0.1) is 23.7 Å². The summed E-state index contributed by atoms with van der Waals surface area (Å²) in [6.45, 7) is 0. The molecule has 0 amide bonds. The lowest BCUT2D eigenvalue weighted by Crippen LogP contribution is -2.63. The van der Waals surface area contributed by atoms with Gasteiger partial charge in [-0.15, -0.1) is 0 Å². The van der Waals surface area contributed by atoms with Crippen molar-refractivity contribution in [3.8, 4) is 11.5 Å². The quantitative estimate of drug-likeness (QED) is 0.675. The minimum atomic E-state index is -0.845. The number of nitrogens with zero attached hydrogens (tertiary/aromatic N) is 2. The van der Waals surface area contributed by atoms with E-state index in [0.29, 0.717) is 47.6 Å². The molecule has 2 N–H and O–H groups in total. The van der Waals surface area contributed by atoms with Gasteiger partial charge in [0.05, 0.1) is 43.2 Å². The lowest BCUT2D eigenvalue weighted by Gasteiger charge is -2.59. The number of hydrogen-bond donors (Lipinski definition) is 2. The van der Waals surface area contributed by atoms with Crippen LogP contribution >= 0.6 is 11.6 Å². The molecule has 0 radical (unpaired) electrons. The van der Waals surface area contributed by atoms with E-state index in [0.717, 1.165) is 19.3 Å². The minimum Gasteiger partial charge on any atom is -0.497 e. The molecular weight excluding hydrogens is 434 g/mol. The maximum absolute atomic E-state index is 13.4. The summed E-state index contributed by atoms with van der Waals surface area (Å²) in [5.74, 6) is 0.673. The molecule has 32 heavy (non-hydrogen) atoms. The highest BCUT2D eigenvalue weighted by Gasteiger charge is 2.61. The molecule has 3 atom stereocenters. The van der Waals surface area contributed by atoms with Crippen LogP contribution in [0.25, 0.3) is 0 Å². The molecule has 0 spiro atoms. The van der Waals surface area contributed by atoms with Gasteiger partial charge in [-0.3, -0.25) is 9.59 Å². The molecule has 2 aromatic rings. The molecule has 4 saturated carbocycles. The maximum Gasteiger partial charge on any atom is 0.309 e. The van der Waals surface area contributed by atoms with E-state index in [2.05, 4.69) is 10.4 Å². The van der Waals surface area contributed by atoms with Crippen LogP contribution < -0.4 is 20.3 Å². The predicted molar refractivity (Wildman–Crippen MR) is 119 cm³/mol. The molecule has 9 heteroatoms. The Morgan fingerprint density at radius 3 is 2.53 bits per heavy atom. The SMILES string of the molecule is COc1ccc(OC)c(Nc2cnn(C34C[C@@H]5CC(C[C@H](C5)C3)[C@H]4C(=O)O)c(=O)c2Cl)c1. The Labute approximate surface area is 190 Å². The van der Waals surface area contributed by atoms with Crippen molar-refractivity contribution in [3.05, 3.63) is 39.8 Å². The Kier molecular flexibility index (Phi) is 5.08. The molecule has 4 aliphatic carbocycles. The first kappa shape index (κ1) is 21.1. The van der Waals surface area contributed by atoms with Gasteiger partial charge >= 0.3 is 5.97 Å². The van der Waals surface area contributed by atoms with Gasteiger partial charge in [-0.2, -0.15) is 5.10 Å². The van der Waals surface area contributed by atoms with Crippen molar-refractivity contribution in [2.24, 2.45) is 23.7 Å². The van der Waals surface area contributed by atoms with Gasteiger partial charge in [0.2, 0.25) is 0 Å². The van der Waals surface area contributed by atoms with Crippen molar-refractivity contribution in [2.45, 2.75) is 37.6 Å². The number of carbonyl (C=O) groups is 1. The molecule has 1 aromatic carbocycles. The fraction of sp³-hybridized carbons (Fsp3) is 0.522. The van der Waals surface area contributed by atoms with Gasteiger partial charge in [0, 0.05) is 6.07 Å². The average Bonchev–Trinajstić information content (AvgIpc) is 2.75. The molecule has 0 aliphatic heterocycles. The van der Waals surface area contributed by atoms with Gasteiger partial charge in [0.15, 0.2) is 0 Å². The van der Waals surface area contributed by atoms with Crippen molar-refractivity contribution < 1.29 is 19.4 Å². The van der Waals surface area contributed by atoms with Crippen molar-refractivity contribution in [2.75, 3.05) is 19.5 Å². The fourth-order valence-corrected chi connectivity index (χ4v) is 6.80. The second-order valence-electron chi connectivity index (χ2n) is 9.31. The predicted octanol–water partition coefficient (Wildman–Crippen LogP) is 3.89. The monoisotopic (exact) mass is 459 g/mol. The van der Waals surface area contributed by atoms with Crippen molar-refractivity contribution in [1.29, 1.82) is 0 Å². The lowest BCUT2D eigenvalue weighted by atomic mass is 9.48. The highest BCUT2D eigenvalue weighted by Crippen LogP contribution is 2.61. The van der Waals surface area contributed by atoms with Crippen LogP contribution in [0.5, 0.6) is 11.5 Å². The van der Waals surface area contributed by atoms with Gasteiger partial charge in [-0.25, -0.2) is 4.68 Å². The van der Waals surface area contributed by atoms with Crippen LogP contribution in [-0.2, 0) is 10.3 Å². The number of ether oxygens (including phenoxy) is 2. The molecule has 4 bridgehead atoms. The van der Waals surface area contributed by atoms with Crippen LogP contribution in [0.3, 0.4) is 0 Å². The van der Waals surface area contributed by atoms with Crippen molar-refractivity contribution in [3.63, 3.8) is 0 Å². The van der Waals surface area contributed by atoms with Crippen molar-refractivity contribution >= 4 is 28.9 Å². The second kappa shape index (κ2) is 7.69. The fourth-order valence-electron chi connectivity index (χ4n) is 6.63. The summed E-state index contributed by atoms with van der Waals surface area (Å²) >= 11 is 6.53. The van der Waals surface area contributed by atoms with E-state index in [4.69, 9.17) is 21.1 Å². The number of hydrogen-bond acceptors (Lipinski definition) is 6. The molecule has 0 saturated heterocycles. The first-order valence-electron chi connectivity index (χ1n) is 10.9. The Bertz CT molecular complexity index is 1120. The molecule has 1 heterocycles. The highest BCUT2D eigenvalue weighted by molar-refractivity contribution is 6.33. The molecule has 4 fully saturated rings. The number of halogens is 1. The third kappa shape index (κ3) is 3.15. The zero-order valence-electron chi connectivity index (χ0n) is 18.0. The van der Waals surface area contributed by atoms with E-state index in [1.807, 2.05) is 0 Å². The molecule has 1 aromatic heterocycles. The number of nitrogens with one attached hydrogen (secondary N) is 1. The number of aromatic nitrogens is 2. The summed E-state index contributed by atoms with van der Waals surface area (Å²) in [7, 11) is 3.11. The molecular formula is C23H26ClN3O5. The highest BCUT2D eigenvalue weighted by atomic mass is 35.5. The smallest absolute Gasteiger partial charge is 0.309 e. The zero-order chi connectivity index (χ0) is 22.6. The molecule has 8 nitrogen and oxygen atoms in total. The summed E-state index contributed by atoms with van der Waals surface area (Å²) in [6.07, 6.45) is 5.79. The van der Waals surface area contributed by atoms with E-state index < -0.39 is 23.0 Å². The summed E-state index contributed by atoms with van der Waals surface area (Å²) < 4.78 is 12.0. The Morgan fingerprint density at radius 1 is 1.19 bits per heavy atom. The third-order valence-corrected chi connectivity index (χ3v) is 7.92. The largest absolute Gasteiger partial charge is 0.497 e. The topological polar surface area (TPSA) is 103 Å². The molecule has 0 unspecified atom stereocenters. The first-order valence-corrected chi connectivity index (χ1v) is 11.2. The summed E-state index contributed by atoms with van der Waals surface area (Å²) in [4.78, 5) is 25.7. The summed E-state index contributed by atoms with van der Waals surface area (Å²) in [6, 6.07) is 5.25. The summed E-state index contributed by atoms with van der Waals surface area (Å²) in [5.41, 5.74) is -0.373. The number of carboxylic acids is 1. The van der Waals surface area contributed by atoms with Gasteiger partial charge in [-0.05, 0) is 62.0 Å². The second-order valence-corrected chi connectivity index (χ2v) is 9.69. The Balaban J connectivity index is 1.55. The van der Waals surface area contributed by atoms with Gasteiger partial charge in [0.1, 0.15) is 16.5 Å². The third-order valence-electron chi connectivity index (χ3n) is 7.56. The average molecular weight is 460 g/mol. The van der Waals surface area contributed by atoms with E-state index >= 15 is 0 Å². The van der Waals surface area contributed by atoms with Gasteiger partial charge < -0.3 is 19.9 Å². The molecule has 4 aliphatic rings. The van der Waals surface area contributed by atoms with Crippen LogP contribution in [-0.4, -0.2) is 35.1 Å². The lowest BCUT2D eigenvalue weighted by molar-refractivity contribution is -0.168. The Morgan fingerprint density at radius 2 is 1.91 bits per heavy atom. The van der Waals surface area contributed by atoms with Crippen LogP contribution in [0.1, 0.15) is 32.1 Å². The standard InChI is InChI=1S/C23H26ClN3O5/c1-31-15-3-4-18(32-2)16(8-15)26-17-11-25-27(21(28)20(17)24)23-9-12-5-13(10-23)7-14(6-12)19(23)22(29)30/h3-4,8,11-14,19,26H,5-7,9-10H2,1-2H3,(H,29,30)/t12-,13-,14?,19-,23?/m0/s1. The van der Waals surface area contributed by atoms with E-state index in [9.17, 15) is 14.7 Å². The number of rotatable bonds is 6. The van der Waals surface area contributed by atoms with Crippen LogP contribution in [0.15, 0.2) is 29.2 Å². The number of aliphatic carboxylic acids is 1. The zero-order valence-corrected chi connectivity index (χ0v) is 18.8. The Hall–Kier alpha value is -2.74. The minimum absolute atomic E-state index is 0.0234. The number of methoxy groups -OCH3 is 2. The van der Waals surface area contributed by atoms with E-state index in [1.165, 1.54) is 10.9 Å². The molecule has 170 valence electrons. The number of carboxylic acid groups (broad SMARTS) is 1. The van der Waals surface area contributed by atoms with Crippen LogP contribution in [0.4, 0.5) is 11.4 Å². The molecule has 6 rings (SSSR count). The normalized spacial score (nSPS) is 30.2. The van der Waals surface area contributed by atoms with E-state index in [-0.39, 0.29) is 10.9 Å². The van der Waals surface area contributed by atoms with Gasteiger partial charge in [-0.1, -0.05) is 11.6 Å². The van der Waals surface area contributed by atoms with E-state index in [1.54, 1.807) is 32.4 Å². The first-order chi connectivity index (χ1) is 15.4. The number of benzene rings is 1. The summed E-state index contributed by atoms with van der Waals surface area (Å²) in [5, 5.41) is 17.6. The van der Waals surface area contributed by atoms with Crippen molar-refractivity contribution in [1.82, 2.24) is 9.78 Å². The van der Waals surface area contributed by atoms with Gasteiger partial charge in [0.25, 0.3) is 5.56 Å². The van der Waals surface area contributed by atoms with Crippen LogP contribution in [0.2, 0.25) is 5.02 Å². The number of anilines is 2. The maximum atomic E-state index is 13.4.